The lowest BCUT2D eigenvalue weighted by Gasteiger charge is -2.04. The van der Waals surface area contributed by atoms with Crippen molar-refractivity contribution in [2.45, 2.75) is 25.5 Å². The van der Waals surface area contributed by atoms with Crippen LogP contribution in [0.2, 0.25) is 0 Å². The zero-order chi connectivity index (χ0) is 15.2. The quantitative estimate of drug-likeness (QED) is 0.627. The molecule has 2 heterocycles. The van der Waals surface area contributed by atoms with Gasteiger partial charge in [0, 0.05) is 13.0 Å². The molecule has 7 nitrogen and oxygen atoms in total. The van der Waals surface area contributed by atoms with Crippen LogP contribution in [0.5, 0.6) is 0 Å². The molecule has 1 aromatic heterocycles. The van der Waals surface area contributed by atoms with Crippen molar-refractivity contribution in [2.75, 3.05) is 6.54 Å². The summed E-state index contributed by atoms with van der Waals surface area (Å²) in [7, 11) is 0. The lowest BCUT2D eigenvalue weighted by molar-refractivity contribution is -0.125. The van der Waals surface area contributed by atoms with Gasteiger partial charge >= 0.3 is 0 Å². The summed E-state index contributed by atoms with van der Waals surface area (Å²) in [5.74, 6) is 0.995. The van der Waals surface area contributed by atoms with Gasteiger partial charge in [-0.25, -0.2) is 0 Å². The molecule has 0 saturated carbocycles. The Balaban J connectivity index is 1.91. The summed E-state index contributed by atoms with van der Waals surface area (Å²) in [5, 5.41) is 12.9. The van der Waals surface area contributed by atoms with E-state index in [0.29, 0.717) is 17.5 Å². The van der Waals surface area contributed by atoms with Gasteiger partial charge < -0.3 is 15.1 Å². The van der Waals surface area contributed by atoms with E-state index in [4.69, 9.17) is 4.42 Å². The third-order valence-electron chi connectivity index (χ3n) is 2.62. The Kier molecular flexibility index (Phi) is 5.15. The lowest BCUT2D eigenvalue weighted by atomic mass is 10.3. The van der Waals surface area contributed by atoms with Crippen molar-refractivity contribution in [1.29, 1.82) is 0 Å². The van der Waals surface area contributed by atoms with Crippen LogP contribution in [0.4, 0.5) is 0 Å². The summed E-state index contributed by atoms with van der Waals surface area (Å²) >= 11 is 1.20. The molecule has 1 unspecified atom stereocenters. The van der Waals surface area contributed by atoms with Gasteiger partial charge in [-0.1, -0.05) is 11.8 Å². The number of hydrogen-bond donors (Lipinski definition) is 2. The highest BCUT2D eigenvalue weighted by Gasteiger charge is 2.32. The maximum absolute atomic E-state index is 11.7. The largest absolute Gasteiger partial charge is 0.460 e. The first kappa shape index (κ1) is 15.3. The Bertz CT molecular complexity index is 594. The van der Waals surface area contributed by atoms with Crippen molar-refractivity contribution < 1.29 is 14.0 Å². The van der Waals surface area contributed by atoms with Gasteiger partial charge in [0.05, 0.1) is 6.21 Å². The van der Waals surface area contributed by atoms with Crippen molar-refractivity contribution >= 4 is 35.0 Å². The van der Waals surface area contributed by atoms with Gasteiger partial charge in [0.25, 0.3) is 0 Å². The fourth-order valence-corrected chi connectivity index (χ4v) is 2.61. The van der Waals surface area contributed by atoms with Crippen LogP contribution < -0.4 is 10.6 Å². The fourth-order valence-electron chi connectivity index (χ4n) is 1.69. The molecule has 112 valence electrons. The highest BCUT2D eigenvalue weighted by Crippen LogP contribution is 2.22. The van der Waals surface area contributed by atoms with Gasteiger partial charge in [0.2, 0.25) is 11.8 Å². The molecule has 2 amide bonds. The van der Waals surface area contributed by atoms with E-state index in [2.05, 4.69) is 20.8 Å². The first-order chi connectivity index (χ1) is 10.1. The van der Waals surface area contributed by atoms with Crippen LogP contribution in [0.3, 0.4) is 0 Å². The van der Waals surface area contributed by atoms with Gasteiger partial charge in [0.1, 0.15) is 16.8 Å². The van der Waals surface area contributed by atoms with Crippen molar-refractivity contribution in [3.8, 4) is 0 Å². The number of amides is 2. The number of furan rings is 1. The second kappa shape index (κ2) is 7.07. The summed E-state index contributed by atoms with van der Waals surface area (Å²) in [4.78, 5) is 23.2. The molecule has 1 atom stereocenters. The number of carbonyl (C=O) groups excluding carboxylic acids is 2. The number of nitrogens with one attached hydrogen (secondary N) is 2. The summed E-state index contributed by atoms with van der Waals surface area (Å²) in [6, 6.07) is 3.60. The van der Waals surface area contributed by atoms with Crippen LogP contribution in [-0.2, 0) is 9.59 Å². The Hall–Kier alpha value is -2.09. The minimum absolute atomic E-state index is 0.129. The highest BCUT2D eigenvalue weighted by molar-refractivity contribution is 8.15. The number of hydrogen-bond acceptors (Lipinski definition) is 6. The van der Waals surface area contributed by atoms with Crippen LogP contribution >= 0.6 is 11.8 Å². The molecule has 1 aliphatic heterocycles. The predicted molar refractivity (Wildman–Crippen MR) is 81.3 cm³/mol. The molecule has 1 aliphatic rings. The molecule has 0 spiro atoms. The molecule has 1 aromatic rings. The summed E-state index contributed by atoms with van der Waals surface area (Å²) in [6.07, 6.45) is 1.59. The van der Waals surface area contributed by atoms with E-state index in [9.17, 15) is 9.59 Å². The lowest BCUT2D eigenvalue weighted by Crippen LogP contribution is -2.31. The third kappa shape index (κ3) is 4.45. The molecule has 1 saturated heterocycles. The molecule has 0 bridgehead atoms. The predicted octanol–water partition coefficient (Wildman–Crippen LogP) is 1.04. The average Bonchev–Trinajstić information content (AvgIpc) is 2.97. The number of aryl methyl sites for hydroxylation is 1. The Morgan fingerprint density at radius 1 is 1.57 bits per heavy atom. The van der Waals surface area contributed by atoms with E-state index < -0.39 is 5.25 Å². The molecule has 8 heteroatoms. The van der Waals surface area contributed by atoms with Gasteiger partial charge in [0.15, 0.2) is 5.17 Å². The molecule has 2 rings (SSSR count). The Labute approximate surface area is 126 Å². The third-order valence-corrected chi connectivity index (χ3v) is 3.69. The van der Waals surface area contributed by atoms with Gasteiger partial charge in [-0.15, -0.1) is 5.10 Å². The van der Waals surface area contributed by atoms with Crippen molar-refractivity contribution in [3.05, 3.63) is 23.7 Å². The van der Waals surface area contributed by atoms with Crippen LogP contribution in [0.25, 0.3) is 0 Å². The molecule has 2 N–H and O–H groups in total. The standard InChI is InChI=1S/C13H16N4O3S/c1-3-14-11(18)6-10-12(19)16-13(21-10)17-15-7-9-5-4-8(2)20-9/h4-5,7,10H,3,6H2,1-2H3,(H,14,18)(H,16,17,19). The zero-order valence-electron chi connectivity index (χ0n) is 11.8. The van der Waals surface area contributed by atoms with E-state index >= 15 is 0 Å². The molecular weight excluding hydrogens is 292 g/mol. The maximum atomic E-state index is 11.7. The Morgan fingerprint density at radius 2 is 2.38 bits per heavy atom. The first-order valence-corrected chi connectivity index (χ1v) is 7.38. The SMILES string of the molecule is CCNC(=O)CC1SC(=NN=Cc2ccc(C)o2)NC1=O. The van der Waals surface area contributed by atoms with Gasteiger partial charge in [-0.05, 0) is 26.0 Å². The monoisotopic (exact) mass is 308 g/mol. The summed E-state index contributed by atoms with van der Waals surface area (Å²) in [5.41, 5.74) is 0. The molecule has 0 aliphatic carbocycles. The van der Waals surface area contributed by atoms with Crippen LogP contribution in [0.15, 0.2) is 26.8 Å². The van der Waals surface area contributed by atoms with Crippen molar-refractivity contribution in [1.82, 2.24) is 10.6 Å². The maximum Gasteiger partial charge on any atom is 0.240 e. The average molecular weight is 308 g/mol. The van der Waals surface area contributed by atoms with E-state index in [1.54, 1.807) is 6.07 Å². The second-order valence-corrected chi connectivity index (χ2v) is 5.54. The topological polar surface area (TPSA) is 96.1 Å². The molecule has 21 heavy (non-hydrogen) atoms. The second-order valence-electron chi connectivity index (χ2n) is 4.35. The molecular formula is C13H16N4O3S. The highest BCUT2D eigenvalue weighted by atomic mass is 32.2. The number of carbonyl (C=O) groups is 2. The zero-order valence-corrected chi connectivity index (χ0v) is 12.6. The minimum Gasteiger partial charge on any atom is -0.460 e. The first-order valence-electron chi connectivity index (χ1n) is 6.50. The molecule has 0 aromatic carbocycles. The van der Waals surface area contributed by atoms with Crippen LogP contribution in [0.1, 0.15) is 24.9 Å². The van der Waals surface area contributed by atoms with E-state index in [-0.39, 0.29) is 18.2 Å². The van der Waals surface area contributed by atoms with Crippen LogP contribution in [0, 0.1) is 6.92 Å². The number of rotatable bonds is 5. The number of amidine groups is 1. The molecule has 1 fully saturated rings. The van der Waals surface area contributed by atoms with Crippen LogP contribution in [-0.4, -0.2) is 35.0 Å². The normalized spacial score (nSPS) is 20.2. The number of nitrogens with zero attached hydrogens (tertiary/aromatic N) is 2. The molecule has 0 radical (unpaired) electrons. The Morgan fingerprint density at radius 3 is 3.05 bits per heavy atom. The van der Waals surface area contributed by atoms with Crippen molar-refractivity contribution in [2.24, 2.45) is 10.2 Å². The fraction of sp³-hybridized carbons (Fsp3) is 0.385. The number of thioether (sulfide) groups is 1. The van der Waals surface area contributed by atoms with E-state index in [0.717, 1.165) is 5.76 Å². The van der Waals surface area contributed by atoms with E-state index in [1.807, 2.05) is 19.9 Å². The summed E-state index contributed by atoms with van der Waals surface area (Å²) in [6.45, 7) is 4.21. The van der Waals surface area contributed by atoms with Gasteiger partial charge in [-0.2, -0.15) is 5.10 Å². The minimum atomic E-state index is -0.462. The smallest absolute Gasteiger partial charge is 0.240 e. The van der Waals surface area contributed by atoms with E-state index in [1.165, 1.54) is 18.0 Å². The summed E-state index contributed by atoms with van der Waals surface area (Å²) < 4.78 is 5.30. The van der Waals surface area contributed by atoms with Gasteiger partial charge in [-0.3, -0.25) is 9.59 Å². The van der Waals surface area contributed by atoms with Crippen molar-refractivity contribution in [3.63, 3.8) is 0 Å².